The molecule has 0 N–H and O–H groups in total. The molecular formula is C12H9NOS. The Kier molecular flexibility index (Phi) is 1.96. The highest BCUT2D eigenvalue weighted by molar-refractivity contribution is 7.08. The molecule has 0 bridgehead atoms. The lowest BCUT2D eigenvalue weighted by atomic mass is 10.3. The Hall–Kier alpha value is -1.74. The van der Waals surface area contributed by atoms with E-state index in [1.165, 1.54) is 5.39 Å². The van der Waals surface area contributed by atoms with Crippen LogP contribution in [-0.4, -0.2) is 4.73 Å². The Bertz CT molecular complexity index is 568. The molecule has 0 aliphatic rings. The van der Waals surface area contributed by atoms with E-state index in [1.807, 2.05) is 47.3 Å². The van der Waals surface area contributed by atoms with Gasteiger partial charge in [0.15, 0.2) is 5.75 Å². The third kappa shape index (κ3) is 1.51. The summed E-state index contributed by atoms with van der Waals surface area (Å²) < 4.78 is 1.79. The summed E-state index contributed by atoms with van der Waals surface area (Å²) in [5.74, 6) is 0.876. The zero-order chi connectivity index (χ0) is 10.1. The smallest absolute Gasteiger partial charge is 0.166 e. The minimum atomic E-state index is 0.876. The lowest BCUT2D eigenvalue weighted by Crippen LogP contribution is -2.01. The van der Waals surface area contributed by atoms with Crippen LogP contribution in [0.3, 0.4) is 0 Å². The standard InChI is InChI=1S/C12H9NOS/c1-2-4-12-10(3-1)5-7-13(12)14-11-6-8-15-9-11/h1-9H. The van der Waals surface area contributed by atoms with Crippen LogP contribution in [0.2, 0.25) is 0 Å². The monoisotopic (exact) mass is 215 g/mol. The van der Waals surface area contributed by atoms with Gasteiger partial charge in [-0.15, -0.1) is 11.3 Å². The van der Waals surface area contributed by atoms with Gasteiger partial charge in [-0.1, -0.05) is 18.2 Å². The van der Waals surface area contributed by atoms with E-state index in [0.29, 0.717) is 0 Å². The summed E-state index contributed by atoms with van der Waals surface area (Å²) in [7, 11) is 0. The van der Waals surface area contributed by atoms with Crippen molar-refractivity contribution < 1.29 is 4.84 Å². The summed E-state index contributed by atoms with van der Waals surface area (Å²) in [6.07, 6.45) is 1.93. The second-order valence-corrected chi connectivity index (χ2v) is 4.03. The molecule has 2 heterocycles. The van der Waals surface area contributed by atoms with E-state index in [1.54, 1.807) is 16.1 Å². The molecule has 0 aliphatic carbocycles. The molecule has 0 saturated heterocycles. The van der Waals surface area contributed by atoms with Crippen molar-refractivity contribution in [1.29, 1.82) is 0 Å². The van der Waals surface area contributed by atoms with E-state index in [9.17, 15) is 0 Å². The van der Waals surface area contributed by atoms with Gasteiger partial charge in [0, 0.05) is 17.0 Å². The molecule has 0 aliphatic heterocycles. The van der Waals surface area contributed by atoms with Crippen LogP contribution in [0, 0.1) is 0 Å². The van der Waals surface area contributed by atoms with E-state index in [2.05, 4.69) is 6.07 Å². The first kappa shape index (κ1) is 8.56. The van der Waals surface area contributed by atoms with Crippen LogP contribution in [0.4, 0.5) is 0 Å². The third-order valence-electron chi connectivity index (χ3n) is 2.26. The van der Waals surface area contributed by atoms with Crippen LogP contribution in [-0.2, 0) is 0 Å². The van der Waals surface area contributed by atoms with Gasteiger partial charge < -0.3 is 4.84 Å². The van der Waals surface area contributed by atoms with Gasteiger partial charge >= 0.3 is 0 Å². The van der Waals surface area contributed by atoms with Crippen molar-refractivity contribution in [1.82, 2.24) is 4.73 Å². The minimum Gasteiger partial charge on any atom is -0.374 e. The first-order valence-corrected chi connectivity index (χ1v) is 5.64. The Morgan fingerprint density at radius 1 is 1.07 bits per heavy atom. The summed E-state index contributed by atoms with van der Waals surface area (Å²) in [5, 5.41) is 5.17. The molecule has 3 rings (SSSR count). The fraction of sp³-hybridized carbons (Fsp3) is 0. The quantitative estimate of drug-likeness (QED) is 0.637. The number of nitrogens with zero attached hydrogens (tertiary/aromatic N) is 1. The first-order valence-electron chi connectivity index (χ1n) is 4.70. The fourth-order valence-electron chi connectivity index (χ4n) is 1.55. The number of hydrogen-bond donors (Lipinski definition) is 0. The molecule has 0 amide bonds. The van der Waals surface area contributed by atoms with Crippen LogP contribution in [0.1, 0.15) is 0 Å². The van der Waals surface area contributed by atoms with Gasteiger partial charge in [-0.25, -0.2) is 0 Å². The van der Waals surface area contributed by atoms with Gasteiger partial charge in [0.2, 0.25) is 0 Å². The van der Waals surface area contributed by atoms with Gasteiger partial charge in [-0.05, 0) is 23.6 Å². The number of rotatable bonds is 2. The molecule has 0 saturated carbocycles. The average Bonchev–Trinajstić information content (AvgIpc) is 2.89. The molecule has 0 radical (unpaired) electrons. The molecule has 2 nitrogen and oxygen atoms in total. The average molecular weight is 215 g/mol. The van der Waals surface area contributed by atoms with Crippen molar-refractivity contribution in [2.45, 2.75) is 0 Å². The summed E-state index contributed by atoms with van der Waals surface area (Å²) in [6.45, 7) is 0. The molecule has 3 heteroatoms. The lowest BCUT2D eigenvalue weighted by molar-refractivity contribution is 0.230. The van der Waals surface area contributed by atoms with E-state index in [0.717, 1.165) is 11.3 Å². The maximum Gasteiger partial charge on any atom is 0.166 e. The van der Waals surface area contributed by atoms with E-state index in [4.69, 9.17) is 4.84 Å². The normalized spacial score (nSPS) is 10.7. The zero-order valence-electron chi connectivity index (χ0n) is 7.96. The van der Waals surface area contributed by atoms with Crippen LogP contribution in [0.5, 0.6) is 5.75 Å². The SMILES string of the molecule is c1ccc2c(c1)ccn2Oc1ccsc1. The predicted octanol–water partition coefficient (Wildman–Crippen LogP) is 3.54. The fourth-order valence-corrected chi connectivity index (χ4v) is 2.10. The molecule has 0 unspecified atom stereocenters. The highest BCUT2D eigenvalue weighted by Gasteiger charge is 2.01. The number of thiophene rings is 1. The second kappa shape index (κ2) is 3.44. The molecule has 74 valence electrons. The summed E-state index contributed by atoms with van der Waals surface area (Å²) in [6, 6.07) is 12.2. The lowest BCUT2D eigenvalue weighted by Gasteiger charge is -2.04. The van der Waals surface area contributed by atoms with Gasteiger partial charge in [0.25, 0.3) is 0 Å². The molecule has 3 aromatic rings. The van der Waals surface area contributed by atoms with E-state index < -0.39 is 0 Å². The highest BCUT2D eigenvalue weighted by Crippen LogP contribution is 2.19. The van der Waals surface area contributed by atoms with Crippen LogP contribution in [0.15, 0.2) is 53.4 Å². The molecule has 15 heavy (non-hydrogen) atoms. The number of benzene rings is 1. The molecule has 0 fully saturated rings. The van der Waals surface area contributed by atoms with Crippen LogP contribution in [0.25, 0.3) is 10.9 Å². The zero-order valence-corrected chi connectivity index (χ0v) is 8.78. The number of para-hydroxylation sites is 1. The number of aromatic nitrogens is 1. The molecule has 1 aromatic carbocycles. The van der Waals surface area contributed by atoms with E-state index >= 15 is 0 Å². The molecule has 2 aromatic heterocycles. The summed E-state index contributed by atoms with van der Waals surface area (Å²) in [4.78, 5) is 5.70. The topological polar surface area (TPSA) is 14.2 Å². The van der Waals surface area contributed by atoms with Crippen molar-refractivity contribution in [3.63, 3.8) is 0 Å². The Balaban J connectivity index is 2.05. The molecule has 0 spiro atoms. The molecule has 0 atom stereocenters. The van der Waals surface area contributed by atoms with Crippen molar-refractivity contribution in [3.05, 3.63) is 53.4 Å². The summed E-state index contributed by atoms with van der Waals surface area (Å²) >= 11 is 1.63. The van der Waals surface area contributed by atoms with Crippen LogP contribution < -0.4 is 4.84 Å². The maximum atomic E-state index is 5.70. The Morgan fingerprint density at radius 3 is 2.87 bits per heavy atom. The number of hydrogen-bond acceptors (Lipinski definition) is 2. The highest BCUT2D eigenvalue weighted by atomic mass is 32.1. The summed E-state index contributed by atoms with van der Waals surface area (Å²) in [5.41, 5.74) is 1.09. The van der Waals surface area contributed by atoms with Crippen molar-refractivity contribution in [3.8, 4) is 5.75 Å². The molecular weight excluding hydrogens is 206 g/mol. The van der Waals surface area contributed by atoms with Gasteiger partial charge in [0.05, 0.1) is 5.52 Å². The van der Waals surface area contributed by atoms with Crippen molar-refractivity contribution >= 4 is 22.2 Å². The minimum absolute atomic E-state index is 0.876. The van der Waals surface area contributed by atoms with Crippen molar-refractivity contribution in [2.75, 3.05) is 0 Å². The van der Waals surface area contributed by atoms with Crippen LogP contribution >= 0.6 is 11.3 Å². The number of fused-ring (bicyclic) bond motifs is 1. The largest absolute Gasteiger partial charge is 0.374 e. The first-order chi connectivity index (χ1) is 7.43. The second-order valence-electron chi connectivity index (χ2n) is 3.25. The Labute approximate surface area is 91.3 Å². The Morgan fingerprint density at radius 2 is 2.00 bits per heavy atom. The third-order valence-corrected chi connectivity index (χ3v) is 2.92. The van der Waals surface area contributed by atoms with Gasteiger partial charge in [0.1, 0.15) is 0 Å². The van der Waals surface area contributed by atoms with E-state index in [-0.39, 0.29) is 0 Å². The maximum absolute atomic E-state index is 5.70. The van der Waals surface area contributed by atoms with Gasteiger partial charge in [-0.2, -0.15) is 4.73 Å². The predicted molar refractivity (Wildman–Crippen MR) is 62.3 cm³/mol. The van der Waals surface area contributed by atoms with Gasteiger partial charge in [-0.3, -0.25) is 0 Å². The van der Waals surface area contributed by atoms with Crippen molar-refractivity contribution in [2.24, 2.45) is 0 Å².